The van der Waals surface area contributed by atoms with E-state index in [4.69, 9.17) is 0 Å². The van der Waals surface area contributed by atoms with E-state index in [-0.39, 0.29) is 5.91 Å². The van der Waals surface area contributed by atoms with Crippen molar-refractivity contribution in [2.45, 2.75) is 26.6 Å². The van der Waals surface area contributed by atoms with Crippen molar-refractivity contribution in [2.24, 2.45) is 0 Å². The van der Waals surface area contributed by atoms with Crippen molar-refractivity contribution in [2.75, 3.05) is 6.54 Å². The number of carbonyl (C=O) groups is 1. The number of hydrogen-bond acceptors (Lipinski definition) is 3. The zero-order valence-corrected chi connectivity index (χ0v) is 12.4. The summed E-state index contributed by atoms with van der Waals surface area (Å²) >= 11 is 1.70. The largest absolute Gasteiger partial charge is 0.334 e. The first-order valence-corrected chi connectivity index (χ1v) is 7.80. The molecule has 1 amide bonds. The average molecular weight is 286 g/mol. The molecule has 0 fully saturated rings. The van der Waals surface area contributed by atoms with Gasteiger partial charge >= 0.3 is 0 Å². The highest BCUT2D eigenvalue weighted by molar-refractivity contribution is 7.09. The van der Waals surface area contributed by atoms with E-state index in [9.17, 15) is 4.79 Å². The molecule has 0 bridgehead atoms. The first-order chi connectivity index (χ1) is 9.78. The normalized spacial score (nSPS) is 13.2. The lowest BCUT2D eigenvalue weighted by molar-refractivity contribution is 0.0754. The van der Waals surface area contributed by atoms with Crippen LogP contribution >= 0.6 is 11.3 Å². The highest BCUT2D eigenvalue weighted by Crippen LogP contribution is 2.19. The number of hydrogen-bond donors (Lipinski definition) is 1. The fraction of sp³-hybridized carbons (Fsp3) is 0.312. The van der Waals surface area contributed by atoms with Gasteiger partial charge in [0.15, 0.2) is 0 Å². The zero-order valence-electron chi connectivity index (χ0n) is 11.6. The predicted octanol–water partition coefficient (Wildman–Crippen LogP) is 3.01. The summed E-state index contributed by atoms with van der Waals surface area (Å²) in [7, 11) is 0. The van der Waals surface area contributed by atoms with Crippen LogP contribution in [0.25, 0.3) is 0 Å². The first-order valence-electron chi connectivity index (χ1n) is 6.92. The van der Waals surface area contributed by atoms with Crippen LogP contribution in [0.3, 0.4) is 0 Å². The fourth-order valence-corrected chi connectivity index (χ4v) is 3.25. The van der Waals surface area contributed by atoms with Gasteiger partial charge in [0, 0.05) is 30.1 Å². The predicted molar refractivity (Wildman–Crippen MR) is 81.7 cm³/mol. The highest BCUT2D eigenvalue weighted by Gasteiger charge is 2.18. The van der Waals surface area contributed by atoms with Crippen molar-refractivity contribution in [3.05, 3.63) is 57.3 Å². The molecule has 1 aliphatic heterocycles. The molecule has 1 N–H and O–H groups in total. The second-order valence-corrected chi connectivity index (χ2v) is 6.02. The molecule has 0 atom stereocenters. The second-order valence-electron chi connectivity index (χ2n) is 4.99. The van der Waals surface area contributed by atoms with Gasteiger partial charge in [-0.25, -0.2) is 0 Å². The van der Waals surface area contributed by atoms with Crippen molar-refractivity contribution >= 4 is 17.2 Å². The molecule has 1 aromatic carbocycles. The quantitative estimate of drug-likeness (QED) is 0.937. The Bertz CT molecular complexity index is 607. The summed E-state index contributed by atoms with van der Waals surface area (Å²) in [6.07, 6.45) is 0. The number of nitrogens with zero attached hydrogens (tertiary/aromatic N) is 1. The number of amides is 1. The molecule has 0 aliphatic carbocycles. The third kappa shape index (κ3) is 2.62. The van der Waals surface area contributed by atoms with Gasteiger partial charge in [-0.1, -0.05) is 12.1 Å². The summed E-state index contributed by atoms with van der Waals surface area (Å²) in [6, 6.07) is 10.2. The molecule has 0 spiro atoms. The summed E-state index contributed by atoms with van der Waals surface area (Å²) in [5.74, 6) is 0.121. The van der Waals surface area contributed by atoms with Gasteiger partial charge in [0.25, 0.3) is 5.91 Å². The summed E-state index contributed by atoms with van der Waals surface area (Å²) < 4.78 is 0. The minimum absolute atomic E-state index is 0.121. The van der Waals surface area contributed by atoms with Gasteiger partial charge in [0.2, 0.25) is 0 Å². The van der Waals surface area contributed by atoms with Crippen LogP contribution in [0.4, 0.5) is 0 Å². The van der Waals surface area contributed by atoms with Crippen LogP contribution in [-0.2, 0) is 19.6 Å². The summed E-state index contributed by atoms with van der Waals surface area (Å²) in [6.45, 7) is 5.23. The van der Waals surface area contributed by atoms with Gasteiger partial charge < -0.3 is 10.2 Å². The molecule has 3 nitrogen and oxygen atoms in total. The molecule has 3 rings (SSSR count). The van der Waals surface area contributed by atoms with Crippen LogP contribution in [0, 0.1) is 0 Å². The monoisotopic (exact) mass is 286 g/mol. The van der Waals surface area contributed by atoms with E-state index in [1.165, 1.54) is 16.0 Å². The Balaban J connectivity index is 1.79. The lowest BCUT2D eigenvalue weighted by atomic mass is 10.1. The lowest BCUT2D eigenvalue weighted by Gasteiger charge is -2.20. The first kappa shape index (κ1) is 13.3. The Kier molecular flexibility index (Phi) is 3.85. The number of benzene rings is 1. The molecule has 104 valence electrons. The van der Waals surface area contributed by atoms with E-state index in [2.05, 4.69) is 22.8 Å². The van der Waals surface area contributed by atoms with Crippen LogP contribution in [0.1, 0.15) is 33.3 Å². The maximum atomic E-state index is 12.6. The molecule has 20 heavy (non-hydrogen) atoms. The van der Waals surface area contributed by atoms with Crippen molar-refractivity contribution in [3.63, 3.8) is 0 Å². The number of nitrogens with one attached hydrogen (secondary N) is 1. The lowest BCUT2D eigenvalue weighted by Crippen LogP contribution is -2.30. The minimum Gasteiger partial charge on any atom is -0.334 e. The molecule has 0 saturated carbocycles. The second kappa shape index (κ2) is 5.77. The molecule has 1 aliphatic rings. The Morgan fingerprint density at radius 1 is 1.30 bits per heavy atom. The maximum absolute atomic E-state index is 12.6. The number of carbonyl (C=O) groups excluding carboxylic acids is 1. The summed E-state index contributed by atoms with van der Waals surface area (Å²) in [5.41, 5.74) is 3.36. The van der Waals surface area contributed by atoms with Gasteiger partial charge in [-0.2, -0.15) is 0 Å². The molecular formula is C16H18N2OS. The van der Waals surface area contributed by atoms with E-state index in [1.807, 2.05) is 30.0 Å². The van der Waals surface area contributed by atoms with Crippen LogP contribution < -0.4 is 5.32 Å². The number of rotatable bonds is 4. The summed E-state index contributed by atoms with van der Waals surface area (Å²) in [4.78, 5) is 15.7. The van der Waals surface area contributed by atoms with E-state index >= 15 is 0 Å². The van der Waals surface area contributed by atoms with Gasteiger partial charge in [-0.3, -0.25) is 4.79 Å². The zero-order chi connectivity index (χ0) is 13.9. The Labute approximate surface area is 123 Å². The highest BCUT2D eigenvalue weighted by atomic mass is 32.1. The summed E-state index contributed by atoms with van der Waals surface area (Å²) in [5, 5.41) is 5.36. The topological polar surface area (TPSA) is 32.3 Å². The minimum atomic E-state index is 0.121. The molecule has 4 heteroatoms. The van der Waals surface area contributed by atoms with Crippen LogP contribution in [-0.4, -0.2) is 17.4 Å². The molecule has 2 heterocycles. The Hall–Kier alpha value is -1.65. The average Bonchev–Trinajstić information content (AvgIpc) is 3.14. The third-order valence-corrected chi connectivity index (χ3v) is 4.54. The van der Waals surface area contributed by atoms with Gasteiger partial charge in [0.1, 0.15) is 0 Å². The number of fused-ring (bicyclic) bond motifs is 1. The van der Waals surface area contributed by atoms with Gasteiger partial charge in [-0.15, -0.1) is 11.3 Å². The molecule has 1 aromatic heterocycles. The van der Waals surface area contributed by atoms with E-state index in [1.54, 1.807) is 11.3 Å². The molecule has 0 saturated heterocycles. The standard InChI is InChI=1S/C16H18N2OS/c1-2-18(11-15-4-3-7-20-15)16(19)12-5-6-13-9-17-10-14(13)8-12/h3-8,17H,2,9-11H2,1H3. The van der Waals surface area contributed by atoms with Crippen molar-refractivity contribution in [1.29, 1.82) is 0 Å². The van der Waals surface area contributed by atoms with Gasteiger partial charge in [-0.05, 0) is 41.6 Å². The van der Waals surface area contributed by atoms with E-state index in [0.717, 1.165) is 25.2 Å². The molecule has 0 unspecified atom stereocenters. The molecular weight excluding hydrogens is 268 g/mol. The van der Waals surface area contributed by atoms with E-state index < -0.39 is 0 Å². The van der Waals surface area contributed by atoms with Crippen molar-refractivity contribution in [3.8, 4) is 0 Å². The van der Waals surface area contributed by atoms with E-state index in [0.29, 0.717) is 6.54 Å². The number of thiophene rings is 1. The van der Waals surface area contributed by atoms with Crippen LogP contribution in [0.15, 0.2) is 35.7 Å². The SMILES string of the molecule is CCN(Cc1cccs1)C(=O)c1ccc2c(c1)CNC2. The maximum Gasteiger partial charge on any atom is 0.254 e. The van der Waals surface area contributed by atoms with Gasteiger partial charge in [0.05, 0.1) is 6.54 Å². The van der Waals surface area contributed by atoms with Crippen LogP contribution in [0.5, 0.6) is 0 Å². The Morgan fingerprint density at radius 3 is 2.90 bits per heavy atom. The fourth-order valence-electron chi connectivity index (χ4n) is 2.53. The molecule has 2 aromatic rings. The third-order valence-electron chi connectivity index (χ3n) is 3.68. The van der Waals surface area contributed by atoms with Crippen molar-refractivity contribution < 1.29 is 4.79 Å². The molecule has 0 radical (unpaired) electrons. The van der Waals surface area contributed by atoms with Crippen LogP contribution in [0.2, 0.25) is 0 Å². The van der Waals surface area contributed by atoms with Crippen molar-refractivity contribution in [1.82, 2.24) is 10.2 Å². The smallest absolute Gasteiger partial charge is 0.254 e. The Morgan fingerprint density at radius 2 is 2.15 bits per heavy atom.